The van der Waals surface area contributed by atoms with Crippen LogP contribution in [-0.2, 0) is 41.8 Å². The molecule has 4 aromatic rings. The lowest BCUT2D eigenvalue weighted by atomic mass is 9.95. The molecule has 2 aromatic carbocycles. The van der Waals surface area contributed by atoms with E-state index in [-0.39, 0.29) is 49.6 Å². The number of thiophene rings is 1. The third kappa shape index (κ3) is 12.3. The number of carboxylic acid groups (broad SMARTS) is 2. The number of amides is 3. The van der Waals surface area contributed by atoms with E-state index < -0.39 is 11.9 Å². The van der Waals surface area contributed by atoms with Gasteiger partial charge in [-0.15, -0.1) is 11.3 Å². The fourth-order valence-corrected chi connectivity index (χ4v) is 8.33. The second kappa shape index (κ2) is 21.2. The second-order valence-corrected chi connectivity index (χ2v) is 15.3. The maximum absolute atomic E-state index is 13.9. The Morgan fingerprint density at radius 3 is 2.23 bits per heavy atom. The number of carbonyl (C=O) groups excluding carboxylic acids is 3. The number of anilines is 2. The van der Waals surface area contributed by atoms with Gasteiger partial charge in [0.1, 0.15) is 5.00 Å². The summed E-state index contributed by atoms with van der Waals surface area (Å²) in [5.74, 6) is -2.76. The van der Waals surface area contributed by atoms with Gasteiger partial charge in [-0.1, -0.05) is 45.5 Å². The first kappa shape index (κ1) is 44.3. The third-order valence-electron chi connectivity index (χ3n) is 10.3. The van der Waals surface area contributed by atoms with Gasteiger partial charge in [0.25, 0.3) is 11.8 Å². The van der Waals surface area contributed by atoms with Crippen molar-refractivity contribution in [3.05, 3.63) is 111 Å². The Morgan fingerprint density at radius 1 is 0.825 bits per heavy atom. The molecule has 57 heavy (non-hydrogen) atoms. The highest BCUT2D eigenvalue weighted by molar-refractivity contribution is 7.17. The maximum atomic E-state index is 13.9. The average molecular weight is 798 g/mol. The van der Waals surface area contributed by atoms with Crippen LogP contribution in [0, 0.1) is 0 Å². The summed E-state index contributed by atoms with van der Waals surface area (Å²) in [6.07, 6.45) is 8.17. The molecule has 0 spiro atoms. The van der Waals surface area contributed by atoms with Crippen LogP contribution in [0.25, 0.3) is 0 Å². The minimum absolute atomic E-state index is 0. The summed E-state index contributed by atoms with van der Waals surface area (Å²) >= 11 is 1.46. The van der Waals surface area contributed by atoms with E-state index in [9.17, 15) is 24.0 Å². The lowest BCUT2D eigenvalue weighted by Crippen LogP contribution is -2.41. The number of likely N-dealkylation sites (N-methyl/N-ethyl adjacent to an activating group) is 1. The Labute approximate surface area is 339 Å². The fourth-order valence-electron chi connectivity index (χ4n) is 7.04. The molecule has 4 N–H and O–H groups in total. The zero-order valence-corrected chi connectivity index (χ0v) is 33.1. The SMILES string of the molecule is C.CCC(CC)N(CCN(C)C(=O)CCC(=O)O)Cc1cccc(C(=O)Nc2sc3c(c2C(=O)Nc2ccc(CCc4ccc(C(=O)O)cc4)nc2)CCCC3)c1. The molecule has 2 aromatic heterocycles. The van der Waals surface area contributed by atoms with Crippen LogP contribution in [-0.4, -0.2) is 80.8 Å². The first-order valence-corrected chi connectivity index (χ1v) is 20.1. The molecular formula is C44H55N5O7S. The van der Waals surface area contributed by atoms with Crippen molar-refractivity contribution in [2.75, 3.05) is 30.8 Å². The van der Waals surface area contributed by atoms with Gasteiger partial charge in [0.15, 0.2) is 0 Å². The molecule has 0 unspecified atom stereocenters. The Hall–Kier alpha value is -5.40. The molecule has 0 fully saturated rings. The lowest BCUT2D eigenvalue weighted by Gasteiger charge is -2.32. The van der Waals surface area contributed by atoms with Crippen LogP contribution in [0.1, 0.15) is 118 Å². The van der Waals surface area contributed by atoms with E-state index >= 15 is 0 Å². The number of carbonyl (C=O) groups is 5. The lowest BCUT2D eigenvalue weighted by molar-refractivity contribution is -0.140. The minimum atomic E-state index is -0.995. The summed E-state index contributed by atoms with van der Waals surface area (Å²) in [5.41, 5.74) is 5.53. The van der Waals surface area contributed by atoms with Crippen molar-refractivity contribution in [1.29, 1.82) is 0 Å². The maximum Gasteiger partial charge on any atom is 0.335 e. The molecule has 2 heterocycles. The number of hydrogen-bond acceptors (Lipinski definition) is 8. The van der Waals surface area contributed by atoms with Gasteiger partial charge in [-0.3, -0.25) is 29.1 Å². The molecule has 12 nitrogen and oxygen atoms in total. The standard InChI is InChI=1S/C43H51N5O7S.CH4/c1-4-34(5-2)48(24-23-47(3)37(49)21-22-38(50)51)27-29-9-8-10-31(25-29)40(52)46-42-39(35-11-6-7-12-36(35)56-42)41(53)45-33-20-19-32(44-26-33)18-15-28-13-16-30(17-14-28)43(54)55;/h8-10,13-14,16-17,19-20,25-26,34H,4-7,11-12,15,18,21-24,27H2,1-3H3,(H,45,53)(H,46,52)(H,50,51)(H,54,55);1H4. The van der Waals surface area contributed by atoms with Gasteiger partial charge in [0, 0.05) is 55.3 Å². The summed E-state index contributed by atoms with van der Waals surface area (Å²) in [5, 5.41) is 24.7. The number of nitrogens with one attached hydrogen (secondary N) is 2. The van der Waals surface area contributed by atoms with Gasteiger partial charge in [-0.2, -0.15) is 0 Å². The summed E-state index contributed by atoms with van der Waals surface area (Å²) < 4.78 is 0. The number of aryl methyl sites for hydroxylation is 3. The Kier molecular flexibility index (Phi) is 16.5. The molecule has 13 heteroatoms. The Balaban J connectivity index is 0.00000720. The number of pyridine rings is 1. The van der Waals surface area contributed by atoms with Gasteiger partial charge < -0.3 is 25.7 Å². The monoisotopic (exact) mass is 797 g/mol. The predicted octanol–water partition coefficient (Wildman–Crippen LogP) is 7.96. The van der Waals surface area contributed by atoms with E-state index in [1.165, 1.54) is 11.3 Å². The fraction of sp³-hybridized carbons (Fsp3) is 0.409. The second-order valence-electron chi connectivity index (χ2n) is 14.2. The van der Waals surface area contributed by atoms with Crippen LogP contribution in [0.5, 0.6) is 0 Å². The van der Waals surface area contributed by atoms with Crippen LogP contribution in [0.3, 0.4) is 0 Å². The number of nitrogens with zero attached hydrogens (tertiary/aromatic N) is 3. The van der Waals surface area contributed by atoms with Crippen molar-refractivity contribution in [3.63, 3.8) is 0 Å². The third-order valence-corrected chi connectivity index (χ3v) is 11.5. The van der Waals surface area contributed by atoms with Crippen molar-refractivity contribution in [2.45, 2.75) is 98.1 Å². The quantitative estimate of drug-likeness (QED) is 0.0736. The molecule has 0 atom stereocenters. The largest absolute Gasteiger partial charge is 0.481 e. The normalized spacial score (nSPS) is 12.1. The summed E-state index contributed by atoms with van der Waals surface area (Å²) in [4.78, 5) is 71.8. The molecular weight excluding hydrogens is 743 g/mol. The van der Waals surface area contributed by atoms with Crippen molar-refractivity contribution in [3.8, 4) is 0 Å². The number of carboxylic acids is 2. The molecule has 0 radical (unpaired) electrons. The number of rotatable bonds is 19. The molecule has 3 amide bonds. The van der Waals surface area contributed by atoms with Gasteiger partial charge in [0.2, 0.25) is 5.91 Å². The highest BCUT2D eigenvalue weighted by Crippen LogP contribution is 2.39. The smallest absolute Gasteiger partial charge is 0.335 e. The van der Waals surface area contributed by atoms with Crippen LogP contribution >= 0.6 is 11.3 Å². The predicted molar refractivity (Wildman–Crippen MR) is 224 cm³/mol. The van der Waals surface area contributed by atoms with Crippen molar-refractivity contribution >= 4 is 51.7 Å². The van der Waals surface area contributed by atoms with Gasteiger partial charge in [0.05, 0.1) is 29.4 Å². The van der Waals surface area contributed by atoms with Gasteiger partial charge in [-0.25, -0.2) is 4.79 Å². The molecule has 1 aliphatic carbocycles. The minimum Gasteiger partial charge on any atom is -0.481 e. The number of benzene rings is 2. The van der Waals surface area contributed by atoms with E-state index in [0.29, 0.717) is 54.3 Å². The van der Waals surface area contributed by atoms with E-state index in [1.807, 2.05) is 30.3 Å². The van der Waals surface area contributed by atoms with Crippen LogP contribution in [0.15, 0.2) is 66.9 Å². The average Bonchev–Trinajstić information content (AvgIpc) is 3.57. The topological polar surface area (TPSA) is 169 Å². The van der Waals surface area contributed by atoms with E-state index in [0.717, 1.165) is 65.8 Å². The van der Waals surface area contributed by atoms with Crippen LogP contribution in [0.4, 0.5) is 10.7 Å². The highest BCUT2D eigenvalue weighted by atomic mass is 32.1. The van der Waals surface area contributed by atoms with Crippen molar-refractivity contribution in [2.24, 2.45) is 0 Å². The number of hydrogen-bond donors (Lipinski definition) is 4. The van der Waals surface area contributed by atoms with Crippen LogP contribution < -0.4 is 10.6 Å². The molecule has 0 aliphatic heterocycles. The first-order valence-electron chi connectivity index (χ1n) is 19.3. The van der Waals surface area contributed by atoms with Gasteiger partial charge in [-0.05, 0) is 104 Å². The molecule has 5 rings (SSSR count). The summed E-state index contributed by atoms with van der Waals surface area (Å²) in [7, 11) is 1.69. The Bertz CT molecular complexity index is 2010. The molecule has 1 aliphatic rings. The van der Waals surface area contributed by atoms with Gasteiger partial charge >= 0.3 is 11.9 Å². The van der Waals surface area contributed by atoms with E-state index in [4.69, 9.17) is 10.2 Å². The molecule has 0 saturated carbocycles. The van der Waals surface area contributed by atoms with Crippen molar-refractivity contribution < 1.29 is 34.2 Å². The van der Waals surface area contributed by atoms with E-state index in [2.05, 4.69) is 34.4 Å². The zero-order chi connectivity index (χ0) is 40.2. The summed E-state index contributed by atoms with van der Waals surface area (Å²) in [6.45, 7) is 5.87. The number of aliphatic carboxylic acids is 1. The number of aromatic carboxylic acids is 1. The highest BCUT2D eigenvalue weighted by Gasteiger charge is 2.27. The van der Waals surface area contributed by atoms with Crippen molar-refractivity contribution in [1.82, 2.24) is 14.8 Å². The molecule has 304 valence electrons. The number of fused-ring (bicyclic) bond motifs is 1. The zero-order valence-electron chi connectivity index (χ0n) is 32.3. The molecule has 0 bridgehead atoms. The number of aromatic nitrogens is 1. The Morgan fingerprint density at radius 2 is 1.56 bits per heavy atom. The molecule has 0 saturated heterocycles. The summed E-state index contributed by atoms with van der Waals surface area (Å²) in [6, 6.07) is 18.2. The first-order chi connectivity index (χ1) is 26.9. The van der Waals surface area contributed by atoms with E-state index in [1.54, 1.807) is 48.5 Å². The van der Waals surface area contributed by atoms with Crippen LogP contribution in [0.2, 0.25) is 0 Å².